The molecule has 0 N–H and O–H groups in total. The maximum atomic E-state index is 5.01. The molecule has 0 atom stereocenters. The first-order valence-electron chi connectivity index (χ1n) is 22.1. The monoisotopic (exact) mass is 868 g/mol. The van der Waals surface area contributed by atoms with E-state index >= 15 is 0 Å². The largest absolute Gasteiger partial charge is 0.310 e. The normalized spacial score (nSPS) is 12.9. The average molecular weight is 869 g/mol. The highest BCUT2D eigenvalue weighted by molar-refractivity contribution is 7.22. The molecule has 3 heterocycles. The van der Waals surface area contributed by atoms with E-state index in [1.165, 1.54) is 64.6 Å². The van der Waals surface area contributed by atoms with Gasteiger partial charge in [0.15, 0.2) is 0 Å². The lowest BCUT2D eigenvalue weighted by Gasteiger charge is -2.28. The van der Waals surface area contributed by atoms with Crippen LogP contribution in [0.25, 0.3) is 91.3 Å². The molecule has 0 bridgehead atoms. The van der Waals surface area contributed by atoms with Crippen molar-refractivity contribution in [1.29, 1.82) is 0 Å². The summed E-state index contributed by atoms with van der Waals surface area (Å²) < 4.78 is 4.85. The Morgan fingerprint density at radius 1 is 0.415 bits per heavy atom. The van der Waals surface area contributed by atoms with E-state index in [9.17, 15) is 0 Å². The summed E-state index contributed by atoms with van der Waals surface area (Å²) in [6, 6.07) is 75.0. The molecule has 308 valence electrons. The molecule has 1 aliphatic rings. The summed E-state index contributed by atoms with van der Waals surface area (Å²) in [6.07, 6.45) is 0. The zero-order chi connectivity index (χ0) is 43.2. The van der Waals surface area contributed by atoms with E-state index in [2.05, 4.69) is 230 Å². The topological polar surface area (TPSA) is 34.0 Å². The Kier molecular flexibility index (Phi) is 8.57. The Morgan fingerprint density at radius 2 is 1.00 bits per heavy atom. The van der Waals surface area contributed by atoms with Crippen molar-refractivity contribution in [2.45, 2.75) is 19.3 Å². The van der Waals surface area contributed by atoms with Gasteiger partial charge in [0, 0.05) is 50.1 Å². The molecule has 0 spiro atoms. The van der Waals surface area contributed by atoms with Crippen LogP contribution in [0.4, 0.5) is 17.1 Å². The second kappa shape index (κ2) is 14.7. The van der Waals surface area contributed by atoms with Gasteiger partial charge in [0.1, 0.15) is 10.0 Å². The van der Waals surface area contributed by atoms with Crippen LogP contribution in [0, 0.1) is 0 Å². The highest BCUT2D eigenvalue weighted by Gasteiger charge is 2.36. The van der Waals surface area contributed by atoms with E-state index in [-0.39, 0.29) is 5.41 Å². The molecule has 1 aliphatic carbocycles. The van der Waals surface area contributed by atoms with Crippen molar-refractivity contribution in [3.8, 4) is 49.1 Å². The predicted molar refractivity (Wildman–Crippen MR) is 276 cm³/mol. The van der Waals surface area contributed by atoms with Gasteiger partial charge in [-0.3, -0.25) is 0 Å². The van der Waals surface area contributed by atoms with Gasteiger partial charge in [-0.2, -0.15) is 0 Å². The van der Waals surface area contributed by atoms with Crippen molar-refractivity contribution >= 4 is 82.0 Å². The number of para-hydroxylation sites is 3. The van der Waals surface area contributed by atoms with Gasteiger partial charge in [0.25, 0.3) is 0 Å². The number of anilines is 3. The van der Waals surface area contributed by atoms with Crippen molar-refractivity contribution in [3.05, 3.63) is 217 Å². The predicted octanol–water partition coefficient (Wildman–Crippen LogP) is 16.8. The number of hydrogen-bond acceptors (Lipinski definition) is 5. The average Bonchev–Trinajstić information content (AvgIpc) is 4.12. The minimum absolute atomic E-state index is 0.260. The van der Waals surface area contributed by atoms with Gasteiger partial charge in [0.05, 0.1) is 31.5 Å². The highest BCUT2D eigenvalue weighted by atomic mass is 32.1. The number of thiazole rings is 2. The van der Waals surface area contributed by atoms with Crippen LogP contribution in [0.15, 0.2) is 206 Å². The third-order valence-electron chi connectivity index (χ3n) is 13.3. The Balaban J connectivity index is 0.905. The van der Waals surface area contributed by atoms with Crippen LogP contribution < -0.4 is 4.90 Å². The van der Waals surface area contributed by atoms with Gasteiger partial charge < -0.3 is 9.47 Å². The highest BCUT2D eigenvalue weighted by Crippen LogP contribution is 2.52. The lowest BCUT2D eigenvalue weighted by atomic mass is 9.82. The molecule has 6 heteroatoms. The molecular formula is C59H40N4S2. The standard InChI is InChI=1S/C59H40N4S2/c1-59(2)49-35-43(62(42-16-12-15-39(33-42)37-13-4-3-5-14-37)41-26-23-38(24-27-41)57-60-51-18-7-10-21-55(51)64-57)28-30-45(49)46-31-29-44(36-50(46)59)63-53-20-9-6-17-47(53)48-34-40(25-32-54(48)63)58-61-52-19-8-11-22-56(52)65-58/h3-36H,1-2H3. The quantitative estimate of drug-likeness (QED) is 0.160. The Morgan fingerprint density at radius 3 is 1.75 bits per heavy atom. The lowest BCUT2D eigenvalue weighted by Crippen LogP contribution is -2.17. The minimum atomic E-state index is -0.260. The molecule has 0 unspecified atom stereocenters. The summed E-state index contributed by atoms with van der Waals surface area (Å²) in [4.78, 5) is 12.4. The molecule has 3 aromatic heterocycles. The van der Waals surface area contributed by atoms with Gasteiger partial charge in [-0.05, 0) is 143 Å². The van der Waals surface area contributed by atoms with Gasteiger partial charge in [0.2, 0.25) is 0 Å². The van der Waals surface area contributed by atoms with Gasteiger partial charge in [-0.15, -0.1) is 22.7 Å². The molecule has 0 saturated heterocycles. The van der Waals surface area contributed by atoms with Crippen molar-refractivity contribution in [3.63, 3.8) is 0 Å². The number of benzene rings is 9. The van der Waals surface area contributed by atoms with Crippen LogP contribution in [-0.4, -0.2) is 14.5 Å². The first-order chi connectivity index (χ1) is 31.9. The van der Waals surface area contributed by atoms with Crippen molar-refractivity contribution in [2.75, 3.05) is 4.90 Å². The van der Waals surface area contributed by atoms with E-state index in [0.29, 0.717) is 0 Å². The SMILES string of the molecule is CC1(C)c2cc(N(c3ccc(-c4nc5ccccc5s4)cc3)c3cccc(-c4ccccc4)c3)ccc2-c2ccc(-n3c4ccccc4c4cc(-c5nc6ccccc6s5)ccc43)cc21. The molecule has 13 rings (SSSR count). The number of rotatable bonds is 7. The molecule has 0 amide bonds. The Labute approximate surface area is 385 Å². The maximum Gasteiger partial charge on any atom is 0.124 e. The van der Waals surface area contributed by atoms with Crippen LogP contribution in [0.5, 0.6) is 0 Å². The minimum Gasteiger partial charge on any atom is -0.310 e. The van der Waals surface area contributed by atoms with Crippen LogP contribution in [0.2, 0.25) is 0 Å². The first-order valence-corrected chi connectivity index (χ1v) is 23.7. The molecule has 0 radical (unpaired) electrons. The zero-order valence-electron chi connectivity index (χ0n) is 35.7. The number of fused-ring (bicyclic) bond motifs is 8. The van der Waals surface area contributed by atoms with Crippen molar-refractivity contribution in [2.24, 2.45) is 0 Å². The van der Waals surface area contributed by atoms with Gasteiger partial charge in [-0.25, -0.2) is 9.97 Å². The smallest absolute Gasteiger partial charge is 0.124 e. The molecule has 9 aromatic carbocycles. The molecule has 0 aliphatic heterocycles. The second-order valence-electron chi connectivity index (χ2n) is 17.4. The van der Waals surface area contributed by atoms with E-state index in [1.807, 2.05) is 0 Å². The van der Waals surface area contributed by atoms with Crippen molar-refractivity contribution in [1.82, 2.24) is 14.5 Å². The third kappa shape index (κ3) is 6.17. The molecule has 65 heavy (non-hydrogen) atoms. The third-order valence-corrected chi connectivity index (χ3v) is 15.4. The summed E-state index contributed by atoms with van der Waals surface area (Å²) in [5.74, 6) is 0. The Bertz CT molecular complexity index is 3750. The van der Waals surface area contributed by atoms with Crippen LogP contribution in [0.3, 0.4) is 0 Å². The second-order valence-corrected chi connectivity index (χ2v) is 19.5. The molecule has 4 nitrogen and oxygen atoms in total. The van der Waals surface area contributed by atoms with E-state index in [0.717, 1.165) is 54.9 Å². The number of nitrogens with zero attached hydrogens (tertiary/aromatic N) is 4. The maximum absolute atomic E-state index is 5.01. The van der Waals surface area contributed by atoms with Crippen LogP contribution in [-0.2, 0) is 5.41 Å². The Hall–Kier alpha value is -7.64. The fourth-order valence-electron chi connectivity index (χ4n) is 10.0. The molecule has 0 saturated carbocycles. The zero-order valence-corrected chi connectivity index (χ0v) is 37.4. The summed E-state index contributed by atoms with van der Waals surface area (Å²) in [5, 5.41) is 4.55. The summed E-state index contributed by atoms with van der Waals surface area (Å²) in [7, 11) is 0. The first kappa shape index (κ1) is 37.9. The number of hydrogen-bond donors (Lipinski definition) is 0. The van der Waals surface area contributed by atoms with Gasteiger partial charge in [-0.1, -0.05) is 111 Å². The van der Waals surface area contributed by atoms with Crippen LogP contribution >= 0.6 is 22.7 Å². The van der Waals surface area contributed by atoms with Crippen LogP contribution in [0.1, 0.15) is 25.0 Å². The summed E-state index contributed by atoms with van der Waals surface area (Å²) in [5.41, 5.74) is 18.5. The molecule has 0 fully saturated rings. The number of aromatic nitrogens is 3. The van der Waals surface area contributed by atoms with E-state index in [1.54, 1.807) is 22.7 Å². The van der Waals surface area contributed by atoms with Crippen molar-refractivity contribution < 1.29 is 0 Å². The molecule has 12 aromatic rings. The van der Waals surface area contributed by atoms with Gasteiger partial charge >= 0.3 is 0 Å². The summed E-state index contributed by atoms with van der Waals surface area (Å²) >= 11 is 3.49. The van der Waals surface area contributed by atoms with E-state index < -0.39 is 0 Å². The van der Waals surface area contributed by atoms with E-state index in [4.69, 9.17) is 9.97 Å². The lowest BCUT2D eigenvalue weighted by molar-refractivity contribution is 0.660. The fourth-order valence-corrected chi connectivity index (χ4v) is 12.0. The summed E-state index contributed by atoms with van der Waals surface area (Å²) in [6.45, 7) is 4.77. The molecular weight excluding hydrogens is 829 g/mol. The fraction of sp³-hybridized carbons (Fsp3) is 0.0508.